The number of amides is 1. The van der Waals surface area contributed by atoms with Crippen LogP contribution in [-0.2, 0) is 4.79 Å². The van der Waals surface area contributed by atoms with E-state index in [2.05, 4.69) is 5.32 Å². The molecule has 0 aromatic heterocycles. The molecular weight excluding hydrogens is 314 g/mol. The Morgan fingerprint density at radius 2 is 1.96 bits per heavy atom. The van der Waals surface area contributed by atoms with Crippen LogP contribution in [0.3, 0.4) is 0 Å². The summed E-state index contributed by atoms with van der Waals surface area (Å²) < 4.78 is 10.4. The number of carbonyl (C=O) groups excluding carboxylic acids is 1. The molecule has 0 saturated heterocycles. The van der Waals surface area contributed by atoms with E-state index in [4.69, 9.17) is 9.47 Å². The summed E-state index contributed by atoms with van der Waals surface area (Å²) in [7, 11) is 1.92. The van der Waals surface area contributed by atoms with Gasteiger partial charge < -0.3 is 14.8 Å². The minimum Gasteiger partial charge on any atom is -0.454 e. The second-order valence-corrected chi connectivity index (χ2v) is 6.23. The summed E-state index contributed by atoms with van der Waals surface area (Å²) in [6.07, 6.45) is 5.80. The number of benzene rings is 1. The van der Waals surface area contributed by atoms with E-state index in [-0.39, 0.29) is 30.6 Å². The fraction of sp³-hybridized carbons (Fsp3) is 0.562. The smallest absolute Gasteiger partial charge is 0.296 e. The van der Waals surface area contributed by atoms with Gasteiger partial charge in [-0.15, -0.1) is 0 Å². The maximum Gasteiger partial charge on any atom is 0.296 e. The molecule has 2 aliphatic rings. The van der Waals surface area contributed by atoms with Gasteiger partial charge in [0.2, 0.25) is 12.7 Å². The summed E-state index contributed by atoms with van der Waals surface area (Å²) in [4.78, 5) is 25.0. The number of nitro groups is 1. The van der Waals surface area contributed by atoms with Gasteiger partial charge in [0, 0.05) is 12.1 Å². The van der Waals surface area contributed by atoms with Gasteiger partial charge >= 0.3 is 0 Å². The van der Waals surface area contributed by atoms with Gasteiger partial charge in [0.25, 0.3) is 5.69 Å². The summed E-state index contributed by atoms with van der Waals surface area (Å²) in [6.45, 7) is 0.227. The molecule has 1 aliphatic heterocycles. The fourth-order valence-corrected chi connectivity index (χ4v) is 3.25. The number of anilines is 1. The molecule has 0 spiro atoms. The van der Waals surface area contributed by atoms with Crippen molar-refractivity contribution in [2.75, 3.05) is 25.7 Å². The number of nitrogens with zero attached hydrogens (tertiary/aromatic N) is 2. The van der Waals surface area contributed by atoms with Crippen LogP contribution in [0.5, 0.6) is 11.5 Å². The molecule has 1 saturated carbocycles. The van der Waals surface area contributed by atoms with Crippen molar-refractivity contribution in [3.63, 3.8) is 0 Å². The Morgan fingerprint density at radius 1 is 1.29 bits per heavy atom. The van der Waals surface area contributed by atoms with Crippen molar-refractivity contribution in [2.45, 2.75) is 38.1 Å². The number of hydrogen-bond donors (Lipinski definition) is 1. The van der Waals surface area contributed by atoms with E-state index in [0.717, 1.165) is 12.8 Å². The van der Waals surface area contributed by atoms with Crippen molar-refractivity contribution in [3.8, 4) is 11.5 Å². The van der Waals surface area contributed by atoms with Gasteiger partial charge in [-0.3, -0.25) is 19.8 Å². The quantitative estimate of drug-likeness (QED) is 0.656. The minimum absolute atomic E-state index is 0.0221. The molecule has 130 valence electrons. The highest BCUT2D eigenvalue weighted by Crippen LogP contribution is 2.40. The van der Waals surface area contributed by atoms with E-state index in [1.165, 1.54) is 31.4 Å². The van der Waals surface area contributed by atoms with E-state index < -0.39 is 4.92 Å². The lowest BCUT2D eigenvalue weighted by molar-refractivity contribution is -0.384. The lowest BCUT2D eigenvalue weighted by Gasteiger charge is -2.30. The highest BCUT2D eigenvalue weighted by Gasteiger charge is 2.25. The average molecular weight is 335 g/mol. The van der Waals surface area contributed by atoms with Gasteiger partial charge in [-0.05, 0) is 19.9 Å². The lowest BCUT2D eigenvalue weighted by atomic mass is 9.94. The van der Waals surface area contributed by atoms with Crippen LogP contribution in [0.4, 0.5) is 11.4 Å². The lowest BCUT2D eigenvalue weighted by Crippen LogP contribution is -2.39. The third kappa shape index (κ3) is 3.59. The first-order chi connectivity index (χ1) is 11.5. The topological polar surface area (TPSA) is 93.9 Å². The maximum absolute atomic E-state index is 12.3. The third-order valence-electron chi connectivity index (χ3n) is 4.55. The average Bonchev–Trinajstić information content (AvgIpc) is 3.02. The predicted octanol–water partition coefficient (Wildman–Crippen LogP) is 2.53. The summed E-state index contributed by atoms with van der Waals surface area (Å²) >= 11 is 0. The van der Waals surface area contributed by atoms with Crippen molar-refractivity contribution in [2.24, 2.45) is 0 Å². The van der Waals surface area contributed by atoms with Crippen LogP contribution < -0.4 is 14.8 Å². The monoisotopic (exact) mass is 335 g/mol. The fourth-order valence-electron chi connectivity index (χ4n) is 3.25. The van der Waals surface area contributed by atoms with Crippen LogP contribution in [0.2, 0.25) is 0 Å². The summed E-state index contributed by atoms with van der Waals surface area (Å²) in [5.41, 5.74) is -0.0702. The predicted molar refractivity (Wildman–Crippen MR) is 87.4 cm³/mol. The summed E-state index contributed by atoms with van der Waals surface area (Å²) in [6, 6.07) is 3.12. The molecule has 1 aromatic rings. The minimum atomic E-state index is -0.539. The second kappa shape index (κ2) is 7.04. The van der Waals surface area contributed by atoms with Crippen molar-refractivity contribution in [1.29, 1.82) is 0 Å². The van der Waals surface area contributed by atoms with Gasteiger partial charge in [0.05, 0.1) is 17.5 Å². The Labute approximate surface area is 139 Å². The first kappa shape index (κ1) is 16.5. The molecule has 24 heavy (non-hydrogen) atoms. The van der Waals surface area contributed by atoms with Gasteiger partial charge in [-0.25, -0.2) is 0 Å². The van der Waals surface area contributed by atoms with Gasteiger partial charge in [0.1, 0.15) is 5.69 Å². The van der Waals surface area contributed by atoms with Gasteiger partial charge in [0.15, 0.2) is 11.5 Å². The zero-order valence-electron chi connectivity index (χ0n) is 13.6. The molecule has 8 heteroatoms. The molecule has 0 bridgehead atoms. The zero-order valence-corrected chi connectivity index (χ0v) is 13.6. The summed E-state index contributed by atoms with van der Waals surface area (Å²) in [5.74, 6) is 0.445. The number of carbonyl (C=O) groups is 1. The van der Waals surface area contributed by atoms with Crippen molar-refractivity contribution in [1.82, 2.24) is 4.90 Å². The highest BCUT2D eigenvalue weighted by atomic mass is 16.7. The van der Waals surface area contributed by atoms with Gasteiger partial charge in [-0.2, -0.15) is 0 Å². The Morgan fingerprint density at radius 3 is 2.62 bits per heavy atom. The van der Waals surface area contributed by atoms with Crippen LogP contribution in [0.15, 0.2) is 12.1 Å². The molecule has 1 aromatic carbocycles. The van der Waals surface area contributed by atoms with Crippen molar-refractivity contribution < 1.29 is 19.2 Å². The number of fused-ring (bicyclic) bond motifs is 1. The number of likely N-dealkylation sites (N-methyl/N-ethyl adjacent to an activating group) is 1. The van der Waals surface area contributed by atoms with Crippen molar-refractivity contribution >= 4 is 17.3 Å². The number of nitrogens with one attached hydrogen (secondary N) is 1. The molecular formula is C16H21N3O5. The van der Waals surface area contributed by atoms with E-state index in [0.29, 0.717) is 17.5 Å². The van der Waals surface area contributed by atoms with Crippen molar-refractivity contribution in [3.05, 3.63) is 22.2 Å². The molecule has 0 unspecified atom stereocenters. The Kier molecular flexibility index (Phi) is 4.84. The van der Waals surface area contributed by atoms with E-state index in [1.807, 2.05) is 11.9 Å². The molecule has 1 amide bonds. The molecule has 1 N–H and O–H groups in total. The Bertz CT molecular complexity index is 643. The molecule has 3 rings (SSSR count). The second-order valence-electron chi connectivity index (χ2n) is 6.23. The van der Waals surface area contributed by atoms with E-state index in [9.17, 15) is 14.9 Å². The standard InChI is InChI=1S/C16H21N3O5/c1-18(11-5-3-2-4-6-11)9-16(20)17-12-7-14-15(24-10-23-14)8-13(12)19(21)22/h7-8,11H,2-6,9-10H2,1H3,(H,17,20). The molecule has 8 nitrogen and oxygen atoms in total. The normalized spacial score (nSPS) is 17.1. The highest BCUT2D eigenvalue weighted by molar-refractivity contribution is 5.95. The molecule has 1 fully saturated rings. The van der Waals surface area contributed by atoms with Crippen LogP contribution in [0.25, 0.3) is 0 Å². The number of rotatable bonds is 5. The summed E-state index contributed by atoms with van der Waals surface area (Å²) in [5, 5.41) is 13.9. The molecule has 0 radical (unpaired) electrons. The first-order valence-electron chi connectivity index (χ1n) is 8.12. The van der Waals surface area contributed by atoms with E-state index in [1.54, 1.807) is 0 Å². The number of hydrogen-bond acceptors (Lipinski definition) is 6. The van der Waals surface area contributed by atoms with E-state index >= 15 is 0 Å². The largest absolute Gasteiger partial charge is 0.454 e. The van der Waals surface area contributed by atoms with Crippen LogP contribution in [-0.4, -0.2) is 42.2 Å². The van der Waals surface area contributed by atoms with Crippen LogP contribution >= 0.6 is 0 Å². The SMILES string of the molecule is CN(CC(=O)Nc1cc2c(cc1[N+](=O)[O-])OCO2)C1CCCCC1. The Hall–Kier alpha value is -2.35. The van der Waals surface area contributed by atoms with Gasteiger partial charge in [-0.1, -0.05) is 19.3 Å². The first-order valence-corrected chi connectivity index (χ1v) is 8.12. The third-order valence-corrected chi connectivity index (χ3v) is 4.55. The van der Waals surface area contributed by atoms with Crippen LogP contribution in [0.1, 0.15) is 32.1 Å². The van der Waals surface area contributed by atoms with Crippen LogP contribution in [0, 0.1) is 10.1 Å². The Balaban J connectivity index is 1.68. The molecule has 1 heterocycles. The zero-order chi connectivity index (χ0) is 17.1. The molecule has 0 atom stereocenters. The molecule has 1 aliphatic carbocycles. The number of ether oxygens (including phenoxy) is 2. The maximum atomic E-state index is 12.3. The number of nitro benzene ring substituents is 1.